The van der Waals surface area contributed by atoms with Crippen molar-refractivity contribution in [1.29, 1.82) is 0 Å². The standard InChI is InChI=1S/C42H65N9O8/c43-32-36(10-4-6-21-52)51(44)20-23-56-25-27-58-29-31-59-30-28-57-26-24-55-22-19-50(17-5-3-9-35-14-13-34-8-7-16-45-40(34)48-35)18-15-39(42(53)54)49-41-37-11-1-2-12-38(37)46-33-47-41/h1-2,11-14,21,32-33,39H,3-10,15-20,22-31,43-44H2,(H,45,48)(H,53,54)(H,46,47,49)/b36-32-. The first-order chi connectivity index (χ1) is 29.0. The summed E-state index contributed by atoms with van der Waals surface area (Å²) in [5.74, 6) is 6.61. The molecule has 4 rings (SSSR count). The lowest BCUT2D eigenvalue weighted by molar-refractivity contribution is -0.138. The number of aliphatic carboxylic acids is 1. The van der Waals surface area contributed by atoms with Crippen molar-refractivity contribution in [2.24, 2.45) is 11.6 Å². The van der Waals surface area contributed by atoms with Gasteiger partial charge >= 0.3 is 5.97 Å². The zero-order valence-corrected chi connectivity index (χ0v) is 34.4. The van der Waals surface area contributed by atoms with Crippen molar-refractivity contribution >= 4 is 34.8 Å². The molecule has 17 nitrogen and oxygen atoms in total. The second-order valence-electron chi connectivity index (χ2n) is 14.2. The normalized spacial score (nSPS) is 13.3. The number of carboxylic acids is 1. The fourth-order valence-electron chi connectivity index (χ4n) is 6.51. The Kier molecular flexibility index (Phi) is 23.1. The number of aldehydes is 1. The zero-order chi connectivity index (χ0) is 41.8. The molecule has 1 atom stereocenters. The Morgan fingerprint density at radius 1 is 0.864 bits per heavy atom. The summed E-state index contributed by atoms with van der Waals surface area (Å²) in [6.45, 7) is 8.01. The number of aromatic nitrogens is 3. The number of rotatable bonds is 34. The fraction of sp³-hybridized carbons (Fsp3) is 0.595. The Morgan fingerprint density at radius 3 is 2.25 bits per heavy atom. The van der Waals surface area contributed by atoms with Gasteiger partial charge in [0.15, 0.2) is 0 Å². The van der Waals surface area contributed by atoms with Crippen LogP contribution in [0.25, 0.3) is 10.9 Å². The summed E-state index contributed by atoms with van der Waals surface area (Å²) in [4.78, 5) is 38.6. The average Bonchev–Trinajstić information content (AvgIpc) is 3.25. The van der Waals surface area contributed by atoms with E-state index in [1.807, 2.05) is 24.3 Å². The molecule has 0 spiro atoms. The van der Waals surface area contributed by atoms with Crippen LogP contribution in [0.5, 0.6) is 0 Å². The first-order valence-electron chi connectivity index (χ1n) is 20.9. The van der Waals surface area contributed by atoms with Crippen LogP contribution in [0.2, 0.25) is 0 Å². The number of carbonyl (C=O) groups excluding carboxylic acids is 1. The van der Waals surface area contributed by atoms with Gasteiger partial charge in [-0.3, -0.25) is 0 Å². The zero-order valence-electron chi connectivity index (χ0n) is 34.4. The third-order valence-electron chi connectivity index (χ3n) is 9.83. The second-order valence-corrected chi connectivity index (χ2v) is 14.2. The van der Waals surface area contributed by atoms with Gasteiger partial charge in [0.1, 0.15) is 30.3 Å². The Hall–Kier alpha value is -4.49. The highest BCUT2D eigenvalue weighted by atomic mass is 16.6. The molecule has 0 aliphatic carbocycles. The minimum Gasteiger partial charge on any atom is -0.480 e. The molecule has 3 aromatic rings. The SMILES string of the molecule is N/C=C(/CCCC=O)N(N)CCOCCOCCOCCOCCOCCN(CCCCc1ccc2c(n1)NCCC2)CCC(Nc1ncnc2ccccc12)C(=O)O. The highest BCUT2D eigenvalue weighted by molar-refractivity contribution is 5.90. The molecule has 0 bridgehead atoms. The Labute approximate surface area is 348 Å². The molecular weight excluding hydrogens is 759 g/mol. The monoisotopic (exact) mass is 823 g/mol. The minimum atomic E-state index is -0.929. The Balaban J connectivity index is 1.07. The highest BCUT2D eigenvalue weighted by Gasteiger charge is 2.21. The number of carbonyl (C=O) groups is 2. The summed E-state index contributed by atoms with van der Waals surface area (Å²) >= 11 is 0. The maximum absolute atomic E-state index is 12.3. The first-order valence-corrected chi connectivity index (χ1v) is 20.9. The number of nitrogens with two attached hydrogens (primary N) is 2. The van der Waals surface area contributed by atoms with Crippen molar-refractivity contribution < 1.29 is 38.4 Å². The average molecular weight is 824 g/mol. The topological polar surface area (TPSA) is 222 Å². The summed E-state index contributed by atoms with van der Waals surface area (Å²) in [5, 5.41) is 19.0. The molecule has 3 heterocycles. The van der Waals surface area contributed by atoms with Crippen molar-refractivity contribution in [3.05, 3.63) is 65.9 Å². The predicted octanol–water partition coefficient (Wildman–Crippen LogP) is 3.39. The number of fused-ring (bicyclic) bond motifs is 2. The second kappa shape index (κ2) is 28.9. The first kappa shape index (κ1) is 47.2. The number of hydrogen-bond donors (Lipinski definition) is 5. The number of benzene rings is 1. The van der Waals surface area contributed by atoms with E-state index in [9.17, 15) is 14.7 Å². The van der Waals surface area contributed by atoms with Gasteiger partial charge in [-0.25, -0.2) is 25.6 Å². The van der Waals surface area contributed by atoms with Gasteiger partial charge in [-0.05, 0) is 81.7 Å². The molecule has 326 valence electrons. The summed E-state index contributed by atoms with van der Waals surface area (Å²) in [6, 6.07) is 11.1. The minimum absolute atomic E-state index is 0.390. The van der Waals surface area contributed by atoms with Crippen LogP contribution in [0.15, 0.2) is 54.6 Å². The molecule has 17 heteroatoms. The van der Waals surface area contributed by atoms with Gasteiger partial charge < -0.3 is 59.9 Å². The van der Waals surface area contributed by atoms with Gasteiger partial charge in [0, 0.05) is 49.0 Å². The van der Waals surface area contributed by atoms with E-state index in [2.05, 4.69) is 37.6 Å². The number of aryl methyl sites for hydroxylation is 2. The number of nitrogens with zero attached hydrogens (tertiary/aromatic N) is 5. The number of anilines is 2. The third-order valence-corrected chi connectivity index (χ3v) is 9.83. The van der Waals surface area contributed by atoms with Crippen LogP contribution >= 0.6 is 0 Å². The van der Waals surface area contributed by atoms with Gasteiger partial charge in [-0.1, -0.05) is 18.2 Å². The van der Waals surface area contributed by atoms with Crippen LogP contribution in [-0.2, 0) is 46.1 Å². The van der Waals surface area contributed by atoms with E-state index in [4.69, 9.17) is 40.2 Å². The maximum atomic E-state index is 12.3. The molecule has 1 aliphatic heterocycles. The lowest BCUT2D eigenvalue weighted by atomic mass is 10.1. The molecule has 1 unspecified atom stereocenters. The number of unbranched alkanes of at least 4 members (excludes halogenated alkanes) is 2. The summed E-state index contributed by atoms with van der Waals surface area (Å²) in [5.41, 5.74) is 9.55. The molecule has 0 amide bonds. The maximum Gasteiger partial charge on any atom is 0.326 e. The van der Waals surface area contributed by atoms with Crippen LogP contribution in [0.4, 0.5) is 11.6 Å². The largest absolute Gasteiger partial charge is 0.480 e. The van der Waals surface area contributed by atoms with Crippen molar-refractivity contribution in [3.63, 3.8) is 0 Å². The van der Waals surface area contributed by atoms with Gasteiger partial charge in [0.2, 0.25) is 0 Å². The smallest absolute Gasteiger partial charge is 0.326 e. The summed E-state index contributed by atoms with van der Waals surface area (Å²) < 4.78 is 28.3. The molecule has 0 saturated carbocycles. The van der Waals surface area contributed by atoms with Crippen LogP contribution in [0.1, 0.15) is 56.2 Å². The number of para-hydroxylation sites is 1. The molecule has 59 heavy (non-hydrogen) atoms. The molecule has 1 aromatic carbocycles. The van der Waals surface area contributed by atoms with E-state index in [1.165, 1.54) is 18.1 Å². The number of pyridine rings is 1. The molecule has 1 aliphatic rings. The number of allylic oxidation sites excluding steroid dienone is 1. The number of hydrazine groups is 1. The summed E-state index contributed by atoms with van der Waals surface area (Å²) in [6.07, 6.45) is 11.0. The van der Waals surface area contributed by atoms with Gasteiger partial charge in [-0.2, -0.15) is 0 Å². The van der Waals surface area contributed by atoms with Crippen LogP contribution < -0.4 is 22.2 Å². The van der Waals surface area contributed by atoms with Crippen molar-refractivity contribution in [1.82, 2.24) is 24.9 Å². The van der Waals surface area contributed by atoms with Crippen LogP contribution in [0.3, 0.4) is 0 Å². The van der Waals surface area contributed by atoms with Gasteiger partial charge in [0.25, 0.3) is 0 Å². The third kappa shape index (κ3) is 18.5. The Bertz CT molecular complexity index is 1660. The van der Waals surface area contributed by atoms with Crippen molar-refractivity contribution in [3.8, 4) is 0 Å². The van der Waals surface area contributed by atoms with E-state index in [0.29, 0.717) is 117 Å². The van der Waals surface area contributed by atoms with Gasteiger partial charge in [-0.15, -0.1) is 0 Å². The number of nitrogens with one attached hydrogen (secondary N) is 2. The van der Waals surface area contributed by atoms with E-state index in [0.717, 1.165) is 79.6 Å². The molecular formula is C42H65N9O8. The molecule has 2 aromatic heterocycles. The number of carboxylic acid groups (broad SMARTS) is 1. The molecule has 0 saturated heterocycles. The summed E-state index contributed by atoms with van der Waals surface area (Å²) in [7, 11) is 0. The Morgan fingerprint density at radius 2 is 1.56 bits per heavy atom. The van der Waals surface area contributed by atoms with Crippen LogP contribution in [0, 0.1) is 0 Å². The van der Waals surface area contributed by atoms with E-state index >= 15 is 0 Å². The van der Waals surface area contributed by atoms with E-state index < -0.39 is 12.0 Å². The van der Waals surface area contributed by atoms with E-state index in [1.54, 1.807) is 5.01 Å². The predicted molar refractivity (Wildman–Crippen MR) is 227 cm³/mol. The van der Waals surface area contributed by atoms with Gasteiger partial charge in [0.05, 0.1) is 78.1 Å². The molecule has 7 N–H and O–H groups in total. The molecule has 0 fully saturated rings. The van der Waals surface area contributed by atoms with Crippen molar-refractivity contribution in [2.75, 3.05) is 109 Å². The fourth-order valence-corrected chi connectivity index (χ4v) is 6.51. The van der Waals surface area contributed by atoms with Crippen LogP contribution in [-0.4, -0.2) is 147 Å². The molecule has 0 radical (unpaired) electrons. The quantitative estimate of drug-likeness (QED) is 0.0252. The van der Waals surface area contributed by atoms with Crippen molar-refractivity contribution in [2.45, 2.75) is 63.8 Å². The number of hydrogen-bond acceptors (Lipinski definition) is 16. The van der Waals surface area contributed by atoms with E-state index in [-0.39, 0.29) is 0 Å². The lowest BCUT2D eigenvalue weighted by Crippen LogP contribution is -2.37. The number of ether oxygens (including phenoxy) is 5. The lowest BCUT2D eigenvalue weighted by Gasteiger charge is -2.25. The highest BCUT2D eigenvalue weighted by Crippen LogP contribution is 2.21.